The number of pyridine rings is 1. The third-order valence-electron chi connectivity index (χ3n) is 5.74. The van der Waals surface area contributed by atoms with E-state index in [1.54, 1.807) is 24.4 Å². The molecule has 0 bridgehead atoms. The van der Waals surface area contributed by atoms with Crippen LogP contribution in [0.4, 0.5) is 27.6 Å². The molecule has 8 heteroatoms. The number of carbonyl (C=O) groups is 1. The van der Waals surface area contributed by atoms with Crippen LogP contribution in [0.15, 0.2) is 36.5 Å². The molecule has 30 heavy (non-hydrogen) atoms. The fourth-order valence-electron chi connectivity index (χ4n) is 4.14. The monoisotopic (exact) mass is 420 g/mol. The van der Waals surface area contributed by atoms with Crippen LogP contribution in [0.2, 0.25) is 0 Å². The van der Waals surface area contributed by atoms with Crippen molar-refractivity contribution in [2.45, 2.75) is 32.1 Å². The van der Waals surface area contributed by atoms with Gasteiger partial charge >= 0.3 is 0 Å². The molecule has 1 N–H and O–H groups in total. The topological polar surface area (TPSA) is 42.0 Å². The zero-order chi connectivity index (χ0) is 21.5. The molecule has 1 heterocycles. The molecule has 0 atom stereocenters. The van der Waals surface area contributed by atoms with Crippen molar-refractivity contribution in [3.05, 3.63) is 71.2 Å². The van der Waals surface area contributed by atoms with Crippen molar-refractivity contribution >= 4 is 22.5 Å². The first-order valence-electron chi connectivity index (χ1n) is 9.49. The first-order chi connectivity index (χ1) is 14.3. The van der Waals surface area contributed by atoms with Crippen molar-refractivity contribution in [2.24, 2.45) is 5.41 Å². The van der Waals surface area contributed by atoms with E-state index in [2.05, 4.69) is 10.3 Å². The van der Waals surface area contributed by atoms with Crippen molar-refractivity contribution in [2.75, 3.05) is 5.32 Å². The Bertz CT molecular complexity index is 1110. The molecule has 1 aliphatic rings. The molecule has 0 spiro atoms. The molecule has 3 aromatic rings. The van der Waals surface area contributed by atoms with Gasteiger partial charge in [-0.15, -0.1) is 0 Å². The summed E-state index contributed by atoms with van der Waals surface area (Å²) in [4.78, 5) is 17.5. The van der Waals surface area contributed by atoms with E-state index in [4.69, 9.17) is 0 Å². The average Bonchev–Trinajstić information content (AvgIpc) is 3.24. The highest BCUT2D eigenvalue weighted by molar-refractivity contribution is 6.02. The van der Waals surface area contributed by atoms with Crippen molar-refractivity contribution < 1.29 is 26.7 Å². The number of rotatable bonds is 4. The molecule has 0 radical (unpaired) electrons. The maximum atomic E-state index is 14.3. The third-order valence-corrected chi connectivity index (χ3v) is 5.74. The summed E-state index contributed by atoms with van der Waals surface area (Å²) in [7, 11) is 0. The quantitative estimate of drug-likeness (QED) is 0.336. The van der Waals surface area contributed by atoms with Crippen LogP contribution < -0.4 is 5.32 Å². The van der Waals surface area contributed by atoms with Crippen LogP contribution in [0.25, 0.3) is 10.9 Å². The molecule has 2 aromatic carbocycles. The number of amides is 1. The van der Waals surface area contributed by atoms with Crippen molar-refractivity contribution in [3.63, 3.8) is 0 Å². The van der Waals surface area contributed by atoms with Crippen LogP contribution in [-0.2, 0) is 11.2 Å². The summed E-state index contributed by atoms with van der Waals surface area (Å²) in [5.41, 5.74) is -1.28. The van der Waals surface area contributed by atoms with E-state index in [1.807, 2.05) is 12.1 Å². The van der Waals surface area contributed by atoms with Gasteiger partial charge in [-0.3, -0.25) is 9.78 Å². The number of para-hydroxylation sites is 1. The number of aromatic nitrogens is 1. The molecular weight excluding hydrogens is 403 g/mol. The number of carbonyl (C=O) groups excluding carboxylic acids is 1. The molecule has 1 amide bonds. The van der Waals surface area contributed by atoms with Crippen LogP contribution in [0.5, 0.6) is 0 Å². The largest absolute Gasteiger partial charge is 0.324 e. The summed E-state index contributed by atoms with van der Waals surface area (Å²) >= 11 is 0. The predicted molar refractivity (Wildman–Crippen MR) is 101 cm³/mol. The SMILES string of the molecule is O=C(Nc1cccc2cccnc12)C1(Cc2c(F)c(F)c(F)c(F)c2F)CCCC1. The Morgan fingerprint density at radius 3 is 2.17 bits per heavy atom. The predicted octanol–water partition coefficient (Wildman–Crippen LogP) is 5.67. The van der Waals surface area contributed by atoms with Crippen LogP contribution in [0.1, 0.15) is 31.2 Å². The maximum Gasteiger partial charge on any atom is 0.230 e. The molecule has 1 saturated carbocycles. The Labute approximate surface area is 168 Å². The molecular formula is C22H17F5N2O. The lowest BCUT2D eigenvalue weighted by molar-refractivity contribution is -0.125. The van der Waals surface area contributed by atoms with Gasteiger partial charge < -0.3 is 5.32 Å². The minimum atomic E-state index is -2.21. The molecule has 3 nitrogen and oxygen atoms in total. The summed E-state index contributed by atoms with van der Waals surface area (Å²) in [6.45, 7) is 0. The van der Waals surface area contributed by atoms with E-state index >= 15 is 0 Å². The second kappa shape index (κ2) is 7.66. The van der Waals surface area contributed by atoms with E-state index in [-0.39, 0.29) is 12.8 Å². The maximum absolute atomic E-state index is 14.3. The zero-order valence-corrected chi connectivity index (χ0v) is 15.7. The van der Waals surface area contributed by atoms with Gasteiger partial charge in [0.1, 0.15) is 0 Å². The smallest absolute Gasteiger partial charge is 0.230 e. The van der Waals surface area contributed by atoms with Crippen LogP contribution >= 0.6 is 0 Å². The Morgan fingerprint density at radius 2 is 1.50 bits per heavy atom. The molecule has 156 valence electrons. The minimum Gasteiger partial charge on any atom is -0.324 e. The second-order valence-electron chi connectivity index (χ2n) is 7.55. The highest BCUT2D eigenvalue weighted by Crippen LogP contribution is 2.43. The minimum absolute atomic E-state index is 0.274. The highest BCUT2D eigenvalue weighted by atomic mass is 19.2. The normalized spacial score (nSPS) is 15.5. The molecule has 1 aliphatic carbocycles. The van der Waals surface area contributed by atoms with Gasteiger partial charge in [-0.2, -0.15) is 0 Å². The van der Waals surface area contributed by atoms with Crippen LogP contribution in [-0.4, -0.2) is 10.9 Å². The molecule has 0 saturated heterocycles. The second-order valence-corrected chi connectivity index (χ2v) is 7.55. The van der Waals surface area contributed by atoms with Crippen molar-refractivity contribution in [1.82, 2.24) is 4.98 Å². The number of halogens is 5. The van der Waals surface area contributed by atoms with Crippen LogP contribution in [0.3, 0.4) is 0 Å². The number of benzene rings is 2. The number of nitrogens with one attached hydrogen (secondary N) is 1. The number of hydrogen-bond acceptors (Lipinski definition) is 2. The van der Waals surface area contributed by atoms with E-state index in [1.165, 1.54) is 0 Å². The Morgan fingerprint density at radius 1 is 0.900 bits per heavy atom. The van der Waals surface area contributed by atoms with Gasteiger partial charge in [0.05, 0.1) is 16.6 Å². The number of nitrogens with zero attached hydrogens (tertiary/aromatic N) is 1. The number of fused-ring (bicyclic) bond motifs is 1. The summed E-state index contributed by atoms with van der Waals surface area (Å²) in [5, 5.41) is 3.55. The lowest BCUT2D eigenvalue weighted by Gasteiger charge is -2.28. The van der Waals surface area contributed by atoms with Crippen LogP contribution in [0, 0.1) is 34.5 Å². The summed E-state index contributed by atoms with van der Waals surface area (Å²) in [6.07, 6.45) is 2.75. The third kappa shape index (κ3) is 3.30. The number of hydrogen-bond donors (Lipinski definition) is 1. The van der Waals surface area contributed by atoms with Gasteiger partial charge in [0.15, 0.2) is 23.3 Å². The van der Waals surface area contributed by atoms with E-state index < -0.39 is 52.4 Å². The van der Waals surface area contributed by atoms with Gasteiger partial charge in [-0.05, 0) is 31.4 Å². The van der Waals surface area contributed by atoms with Gasteiger partial charge in [-0.25, -0.2) is 22.0 Å². The highest BCUT2D eigenvalue weighted by Gasteiger charge is 2.43. The molecule has 4 rings (SSSR count). The standard InChI is InChI=1S/C22H17F5N2O/c23-15-13(16(24)18(26)19(27)17(15)25)11-22(8-1-2-9-22)21(30)29-14-7-3-5-12-6-4-10-28-20(12)14/h3-7,10H,1-2,8-9,11H2,(H,29,30). The number of anilines is 1. The Kier molecular flexibility index (Phi) is 5.17. The van der Waals surface area contributed by atoms with Gasteiger partial charge in [0, 0.05) is 17.1 Å². The van der Waals surface area contributed by atoms with Gasteiger partial charge in [0.25, 0.3) is 0 Å². The summed E-state index contributed by atoms with van der Waals surface area (Å²) in [6, 6.07) is 8.76. The van der Waals surface area contributed by atoms with Crippen molar-refractivity contribution in [1.29, 1.82) is 0 Å². The lowest BCUT2D eigenvalue weighted by atomic mass is 9.78. The summed E-state index contributed by atoms with van der Waals surface area (Å²) < 4.78 is 69.2. The first kappa shape index (κ1) is 20.3. The fourth-order valence-corrected chi connectivity index (χ4v) is 4.14. The van der Waals surface area contributed by atoms with Gasteiger partial charge in [0.2, 0.25) is 11.7 Å². The van der Waals surface area contributed by atoms with Crippen molar-refractivity contribution in [3.8, 4) is 0 Å². The lowest BCUT2D eigenvalue weighted by Crippen LogP contribution is -2.36. The molecule has 0 aliphatic heterocycles. The fraction of sp³-hybridized carbons (Fsp3) is 0.273. The zero-order valence-electron chi connectivity index (χ0n) is 15.7. The summed E-state index contributed by atoms with van der Waals surface area (Å²) in [5.74, 6) is -10.5. The van der Waals surface area contributed by atoms with E-state index in [0.29, 0.717) is 24.0 Å². The molecule has 0 unspecified atom stereocenters. The first-order valence-corrected chi connectivity index (χ1v) is 9.49. The van der Waals surface area contributed by atoms with Gasteiger partial charge in [-0.1, -0.05) is 31.0 Å². The average molecular weight is 420 g/mol. The molecule has 1 fully saturated rings. The molecule has 1 aromatic heterocycles. The Hall–Kier alpha value is -3.03. The van der Waals surface area contributed by atoms with E-state index in [9.17, 15) is 26.7 Å². The van der Waals surface area contributed by atoms with E-state index in [0.717, 1.165) is 5.39 Å². The Balaban J connectivity index is 1.71.